The molecular formula is C11H13FN2O3. The van der Waals surface area contributed by atoms with Gasteiger partial charge in [-0.25, -0.2) is 9.18 Å². The van der Waals surface area contributed by atoms with E-state index in [0.29, 0.717) is 0 Å². The molecule has 1 atom stereocenters. The van der Waals surface area contributed by atoms with Crippen molar-refractivity contribution in [2.24, 2.45) is 0 Å². The number of carbonyl (C=O) groups is 2. The molecule has 1 aromatic heterocycles. The van der Waals surface area contributed by atoms with Crippen LogP contribution in [0.1, 0.15) is 24.2 Å². The fraction of sp³-hybridized carbons (Fsp3) is 0.364. The molecule has 1 amide bonds. The number of esters is 1. The van der Waals surface area contributed by atoms with Crippen LogP contribution in [0.25, 0.3) is 0 Å². The van der Waals surface area contributed by atoms with Crippen LogP contribution in [0.2, 0.25) is 0 Å². The molecule has 0 aliphatic carbocycles. The highest BCUT2D eigenvalue weighted by molar-refractivity contribution is 5.96. The summed E-state index contributed by atoms with van der Waals surface area (Å²) >= 11 is 0. The van der Waals surface area contributed by atoms with Crippen molar-refractivity contribution in [3.8, 4) is 0 Å². The van der Waals surface area contributed by atoms with Crippen molar-refractivity contribution in [3.05, 3.63) is 29.8 Å². The lowest BCUT2D eigenvalue weighted by Crippen LogP contribution is -2.39. The summed E-state index contributed by atoms with van der Waals surface area (Å²) in [4.78, 5) is 26.4. The summed E-state index contributed by atoms with van der Waals surface area (Å²) in [5, 5.41) is 2.39. The quantitative estimate of drug-likeness (QED) is 0.794. The number of amides is 1. The van der Waals surface area contributed by atoms with E-state index in [9.17, 15) is 14.0 Å². The molecular weight excluding hydrogens is 227 g/mol. The van der Waals surface area contributed by atoms with Gasteiger partial charge in [0.25, 0.3) is 5.91 Å². The Morgan fingerprint density at radius 2 is 2.24 bits per heavy atom. The van der Waals surface area contributed by atoms with E-state index in [4.69, 9.17) is 4.74 Å². The van der Waals surface area contributed by atoms with Gasteiger partial charge < -0.3 is 10.1 Å². The Hall–Kier alpha value is -1.98. The van der Waals surface area contributed by atoms with Gasteiger partial charge in [0, 0.05) is 6.20 Å². The van der Waals surface area contributed by atoms with E-state index in [0.717, 1.165) is 12.3 Å². The molecule has 1 N–H and O–H groups in total. The Kier molecular flexibility index (Phi) is 4.56. The third kappa shape index (κ3) is 3.82. The van der Waals surface area contributed by atoms with Gasteiger partial charge in [-0.3, -0.25) is 9.78 Å². The van der Waals surface area contributed by atoms with E-state index in [1.807, 2.05) is 0 Å². The van der Waals surface area contributed by atoms with Gasteiger partial charge in [-0.15, -0.1) is 0 Å². The second kappa shape index (κ2) is 5.93. The number of aromatic nitrogens is 1. The van der Waals surface area contributed by atoms with Crippen molar-refractivity contribution in [1.82, 2.24) is 10.3 Å². The molecule has 6 heteroatoms. The molecule has 17 heavy (non-hydrogen) atoms. The maximum atomic E-state index is 12.8. The standard InChI is InChI=1S/C11H13FN2O3/c1-3-17-11(16)7(2)14-10(15)8-4-9(12)6-13-5-8/h4-7H,3H2,1-2H3,(H,14,15). The first kappa shape index (κ1) is 13.1. The van der Waals surface area contributed by atoms with Gasteiger partial charge in [-0.1, -0.05) is 0 Å². The van der Waals surface area contributed by atoms with Crippen LogP contribution in [0.5, 0.6) is 0 Å². The van der Waals surface area contributed by atoms with Crippen LogP contribution in [0.4, 0.5) is 4.39 Å². The first-order valence-corrected chi connectivity index (χ1v) is 5.12. The van der Waals surface area contributed by atoms with Crippen LogP contribution in [0, 0.1) is 5.82 Å². The average molecular weight is 240 g/mol. The van der Waals surface area contributed by atoms with Gasteiger partial charge in [0.2, 0.25) is 0 Å². The molecule has 0 aliphatic heterocycles. The predicted molar refractivity (Wildman–Crippen MR) is 57.8 cm³/mol. The van der Waals surface area contributed by atoms with Crippen LogP contribution >= 0.6 is 0 Å². The van der Waals surface area contributed by atoms with Crippen LogP contribution in [0.15, 0.2) is 18.5 Å². The van der Waals surface area contributed by atoms with Crippen molar-refractivity contribution in [2.75, 3.05) is 6.61 Å². The van der Waals surface area contributed by atoms with Crippen LogP contribution in [-0.4, -0.2) is 29.5 Å². The molecule has 0 bridgehead atoms. The highest BCUT2D eigenvalue weighted by atomic mass is 19.1. The van der Waals surface area contributed by atoms with E-state index in [1.54, 1.807) is 6.92 Å². The Balaban J connectivity index is 2.63. The summed E-state index contributed by atoms with van der Waals surface area (Å²) in [6, 6.07) is 0.255. The number of hydrogen-bond acceptors (Lipinski definition) is 4. The van der Waals surface area contributed by atoms with Crippen molar-refractivity contribution in [1.29, 1.82) is 0 Å². The lowest BCUT2D eigenvalue weighted by Gasteiger charge is -2.12. The molecule has 1 rings (SSSR count). The van der Waals surface area contributed by atoms with Gasteiger partial charge in [-0.05, 0) is 19.9 Å². The zero-order chi connectivity index (χ0) is 12.8. The SMILES string of the molecule is CCOC(=O)C(C)NC(=O)c1cncc(F)c1. The van der Waals surface area contributed by atoms with E-state index < -0.39 is 23.7 Å². The highest BCUT2D eigenvalue weighted by Crippen LogP contribution is 2.01. The molecule has 1 aromatic rings. The summed E-state index contributed by atoms with van der Waals surface area (Å²) in [6.45, 7) is 3.39. The van der Waals surface area contributed by atoms with Gasteiger partial charge >= 0.3 is 5.97 Å². The topological polar surface area (TPSA) is 68.3 Å². The number of nitrogens with one attached hydrogen (secondary N) is 1. The molecule has 1 heterocycles. The third-order valence-electron chi connectivity index (χ3n) is 1.95. The Morgan fingerprint density at radius 1 is 1.53 bits per heavy atom. The maximum Gasteiger partial charge on any atom is 0.328 e. The summed E-state index contributed by atoms with van der Waals surface area (Å²) in [6.07, 6.45) is 2.21. The zero-order valence-corrected chi connectivity index (χ0v) is 9.57. The molecule has 0 saturated heterocycles. The molecule has 0 saturated carbocycles. The second-order valence-electron chi connectivity index (χ2n) is 3.34. The minimum atomic E-state index is -0.786. The molecule has 92 valence electrons. The number of rotatable bonds is 4. The minimum Gasteiger partial charge on any atom is -0.464 e. The van der Waals surface area contributed by atoms with E-state index in [2.05, 4.69) is 10.3 Å². The normalized spacial score (nSPS) is 11.7. The first-order valence-electron chi connectivity index (χ1n) is 5.12. The Morgan fingerprint density at radius 3 is 2.82 bits per heavy atom. The fourth-order valence-electron chi connectivity index (χ4n) is 1.14. The molecule has 0 aliphatic rings. The fourth-order valence-corrected chi connectivity index (χ4v) is 1.14. The average Bonchev–Trinajstić information content (AvgIpc) is 2.29. The van der Waals surface area contributed by atoms with E-state index in [1.165, 1.54) is 13.1 Å². The molecule has 1 unspecified atom stereocenters. The van der Waals surface area contributed by atoms with Gasteiger partial charge in [0.1, 0.15) is 11.9 Å². The molecule has 0 fully saturated rings. The number of ether oxygens (including phenoxy) is 1. The molecule has 0 spiro atoms. The predicted octanol–water partition coefficient (Wildman–Crippen LogP) is 0.902. The van der Waals surface area contributed by atoms with E-state index in [-0.39, 0.29) is 12.2 Å². The largest absolute Gasteiger partial charge is 0.464 e. The monoisotopic (exact) mass is 240 g/mol. The van der Waals surface area contributed by atoms with Gasteiger partial charge in [0.15, 0.2) is 0 Å². The number of pyridine rings is 1. The van der Waals surface area contributed by atoms with Crippen LogP contribution in [-0.2, 0) is 9.53 Å². The Bertz CT molecular complexity index is 423. The van der Waals surface area contributed by atoms with Crippen molar-refractivity contribution in [3.63, 3.8) is 0 Å². The summed E-state index contributed by atoms with van der Waals surface area (Å²) < 4.78 is 17.5. The second-order valence-corrected chi connectivity index (χ2v) is 3.34. The minimum absolute atomic E-state index is 0.0566. The lowest BCUT2D eigenvalue weighted by molar-refractivity contribution is -0.144. The number of nitrogens with zero attached hydrogens (tertiary/aromatic N) is 1. The maximum absolute atomic E-state index is 12.8. The number of hydrogen-bond donors (Lipinski definition) is 1. The smallest absolute Gasteiger partial charge is 0.328 e. The van der Waals surface area contributed by atoms with Crippen molar-refractivity contribution in [2.45, 2.75) is 19.9 Å². The third-order valence-corrected chi connectivity index (χ3v) is 1.95. The highest BCUT2D eigenvalue weighted by Gasteiger charge is 2.17. The molecule has 0 radical (unpaired) electrons. The Labute approximate surface area is 98.0 Å². The number of carbonyl (C=O) groups excluding carboxylic acids is 2. The summed E-state index contributed by atoms with van der Waals surface area (Å²) in [7, 11) is 0. The first-order chi connectivity index (χ1) is 8.04. The molecule has 5 nitrogen and oxygen atoms in total. The van der Waals surface area contributed by atoms with Crippen LogP contribution in [0.3, 0.4) is 0 Å². The summed E-state index contributed by atoms with van der Waals surface area (Å²) in [5.74, 6) is -1.72. The summed E-state index contributed by atoms with van der Waals surface area (Å²) in [5.41, 5.74) is 0.0566. The van der Waals surface area contributed by atoms with Crippen molar-refractivity contribution < 1.29 is 18.7 Å². The lowest BCUT2D eigenvalue weighted by atomic mass is 10.2. The van der Waals surface area contributed by atoms with Crippen LogP contribution < -0.4 is 5.32 Å². The number of halogens is 1. The van der Waals surface area contributed by atoms with Gasteiger partial charge in [0.05, 0.1) is 18.4 Å². The molecule has 0 aromatic carbocycles. The van der Waals surface area contributed by atoms with E-state index >= 15 is 0 Å². The van der Waals surface area contributed by atoms with Crippen molar-refractivity contribution >= 4 is 11.9 Å². The van der Waals surface area contributed by atoms with Gasteiger partial charge in [-0.2, -0.15) is 0 Å². The zero-order valence-electron chi connectivity index (χ0n) is 9.57.